The van der Waals surface area contributed by atoms with Crippen molar-refractivity contribution < 1.29 is 0 Å². The first-order valence-electron chi connectivity index (χ1n) is 25.4. The summed E-state index contributed by atoms with van der Waals surface area (Å²) in [6.07, 6.45) is 0. The van der Waals surface area contributed by atoms with E-state index in [0.29, 0.717) is 17.6 Å². The van der Waals surface area contributed by atoms with Gasteiger partial charge in [-0.05, 0) is 94.5 Å². The Balaban J connectivity index is 0.974. The second kappa shape index (κ2) is 17.3. The van der Waals surface area contributed by atoms with Gasteiger partial charge < -0.3 is 9.13 Å². The van der Waals surface area contributed by atoms with Crippen molar-refractivity contribution in [1.29, 1.82) is 0 Å². The molecule has 15 aromatic rings. The largest absolute Gasteiger partial charge is 0.309 e. The van der Waals surface area contributed by atoms with E-state index in [4.69, 9.17) is 15.0 Å². The molecule has 75 heavy (non-hydrogen) atoms. The molecule has 0 spiro atoms. The second-order valence-electron chi connectivity index (χ2n) is 19.2. The maximum atomic E-state index is 5.55. The zero-order valence-corrected chi connectivity index (χ0v) is 40.6. The SMILES string of the molecule is c1ccc(-c2cccc(-c3ccc(-n4c5ccccc5c5ccccc54)c(-c4cccc(-c5nc(-c6ccccc6)nc(-n6c7ccccc7c7ccc8c(c9ccccc9n8-c8ccccc8)c76)n5)c4)c3)c2)cc1. The van der Waals surface area contributed by atoms with Gasteiger partial charge in [-0.15, -0.1) is 0 Å². The number of benzene rings is 11. The van der Waals surface area contributed by atoms with E-state index < -0.39 is 0 Å². The van der Waals surface area contributed by atoms with Crippen molar-refractivity contribution in [2.75, 3.05) is 0 Å². The number of nitrogens with zero attached hydrogens (tertiary/aromatic N) is 6. The van der Waals surface area contributed by atoms with Crippen molar-refractivity contribution in [1.82, 2.24) is 28.7 Å². The Hall–Kier alpha value is -10.2. The van der Waals surface area contributed by atoms with Crippen LogP contribution in [0.3, 0.4) is 0 Å². The Morgan fingerprint density at radius 1 is 0.253 bits per heavy atom. The average Bonchev–Trinajstić information content (AvgIpc) is 4.25. The van der Waals surface area contributed by atoms with Gasteiger partial charge in [0.25, 0.3) is 0 Å². The first-order chi connectivity index (χ1) is 37.2. The summed E-state index contributed by atoms with van der Waals surface area (Å²) in [5.41, 5.74) is 17.3. The van der Waals surface area contributed by atoms with E-state index in [2.05, 4.69) is 262 Å². The molecule has 0 saturated heterocycles. The summed E-state index contributed by atoms with van der Waals surface area (Å²) >= 11 is 0. The smallest absolute Gasteiger partial charge is 0.238 e. The normalized spacial score (nSPS) is 11.7. The quantitative estimate of drug-likeness (QED) is 0.152. The molecule has 15 rings (SSSR count). The van der Waals surface area contributed by atoms with Gasteiger partial charge in [0, 0.05) is 54.7 Å². The van der Waals surface area contributed by atoms with Crippen LogP contribution in [-0.4, -0.2) is 28.7 Å². The number of rotatable bonds is 8. The molecule has 6 heteroatoms. The van der Waals surface area contributed by atoms with Crippen molar-refractivity contribution in [2.45, 2.75) is 0 Å². The Kier molecular flexibility index (Phi) is 9.78. The molecular formula is C69H44N6. The first kappa shape index (κ1) is 42.5. The Bertz CT molecular complexity index is 4650. The molecular weight excluding hydrogens is 913 g/mol. The molecule has 0 fully saturated rings. The van der Waals surface area contributed by atoms with Crippen LogP contribution in [0.5, 0.6) is 0 Å². The van der Waals surface area contributed by atoms with Gasteiger partial charge in [0.15, 0.2) is 11.6 Å². The molecule has 350 valence electrons. The van der Waals surface area contributed by atoms with Crippen LogP contribution in [0.2, 0.25) is 0 Å². The van der Waals surface area contributed by atoms with Crippen LogP contribution in [-0.2, 0) is 0 Å². The number of hydrogen-bond acceptors (Lipinski definition) is 3. The lowest BCUT2D eigenvalue weighted by Crippen LogP contribution is -2.06. The molecule has 0 saturated carbocycles. The van der Waals surface area contributed by atoms with Gasteiger partial charge in [0.05, 0.1) is 38.8 Å². The van der Waals surface area contributed by atoms with Gasteiger partial charge in [-0.1, -0.05) is 200 Å². The second-order valence-corrected chi connectivity index (χ2v) is 19.2. The molecule has 6 nitrogen and oxygen atoms in total. The van der Waals surface area contributed by atoms with Crippen LogP contribution < -0.4 is 0 Å². The summed E-state index contributed by atoms with van der Waals surface area (Å²) in [7, 11) is 0. The molecule has 0 aliphatic carbocycles. The van der Waals surface area contributed by atoms with Crippen LogP contribution in [0.15, 0.2) is 267 Å². The highest BCUT2D eigenvalue weighted by atomic mass is 15.2. The van der Waals surface area contributed by atoms with Crippen molar-refractivity contribution in [2.24, 2.45) is 0 Å². The number of fused-ring (bicyclic) bond motifs is 10. The summed E-state index contributed by atoms with van der Waals surface area (Å²) in [6, 6.07) is 95.3. The third kappa shape index (κ3) is 6.92. The van der Waals surface area contributed by atoms with Crippen LogP contribution in [0, 0.1) is 0 Å². The molecule has 0 N–H and O–H groups in total. The third-order valence-corrected chi connectivity index (χ3v) is 14.9. The lowest BCUT2D eigenvalue weighted by molar-refractivity contribution is 0.955. The van der Waals surface area contributed by atoms with Gasteiger partial charge in [-0.2, -0.15) is 9.97 Å². The minimum absolute atomic E-state index is 0.547. The van der Waals surface area contributed by atoms with E-state index >= 15 is 0 Å². The minimum atomic E-state index is 0.547. The molecule has 4 aromatic heterocycles. The topological polar surface area (TPSA) is 53.5 Å². The van der Waals surface area contributed by atoms with Gasteiger partial charge in [0.1, 0.15) is 0 Å². The Morgan fingerprint density at radius 2 is 0.720 bits per heavy atom. The predicted molar refractivity (Wildman–Crippen MR) is 310 cm³/mol. The van der Waals surface area contributed by atoms with Crippen molar-refractivity contribution in [3.63, 3.8) is 0 Å². The summed E-state index contributed by atoms with van der Waals surface area (Å²) in [4.78, 5) is 16.3. The molecule has 0 radical (unpaired) electrons. The molecule has 0 aliphatic heterocycles. The van der Waals surface area contributed by atoms with Crippen LogP contribution >= 0.6 is 0 Å². The molecule has 0 aliphatic rings. The summed E-state index contributed by atoms with van der Waals surface area (Å²) in [5, 5.41) is 6.98. The van der Waals surface area contributed by atoms with Gasteiger partial charge in [0.2, 0.25) is 5.95 Å². The molecule has 4 heterocycles. The molecule has 0 bridgehead atoms. The van der Waals surface area contributed by atoms with E-state index in [1.165, 1.54) is 21.9 Å². The maximum absolute atomic E-state index is 5.55. The molecule has 0 atom stereocenters. The van der Waals surface area contributed by atoms with Crippen molar-refractivity contribution >= 4 is 65.4 Å². The van der Waals surface area contributed by atoms with E-state index in [-0.39, 0.29) is 0 Å². The van der Waals surface area contributed by atoms with Crippen LogP contribution in [0.25, 0.3) is 139 Å². The molecule has 11 aromatic carbocycles. The summed E-state index contributed by atoms with van der Waals surface area (Å²) in [5.74, 6) is 1.72. The Morgan fingerprint density at radius 3 is 1.39 bits per heavy atom. The van der Waals surface area contributed by atoms with Crippen LogP contribution in [0.4, 0.5) is 0 Å². The highest BCUT2D eigenvalue weighted by molar-refractivity contribution is 6.26. The third-order valence-electron chi connectivity index (χ3n) is 14.9. The van der Waals surface area contributed by atoms with E-state index in [0.717, 1.165) is 99.4 Å². The molecule has 0 unspecified atom stereocenters. The highest BCUT2D eigenvalue weighted by Gasteiger charge is 2.24. The van der Waals surface area contributed by atoms with E-state index in [9.17, 15) is 0 Å². The van der Waals surface area contributed by atoms with Crippen molar-refractivity contribution in [3.05, 3.63) is 267 Å². The fraction of sp³-hybridized carbons (Fsp3) is 0. The molecule has 0 amide bonds. The predicted octanol–water partition coefficient (Wildman–Crippen LogP) is 17.5. The van der Waals surface area contributed by atoms with Crippen molar-refractivity contribution in [3.8, 4) is 73.5 Å². The maximum Gasteiger partial charge on any atom is 0.238 e. The zero-order valence-electron chi connectivity index (χ0n) is 40.6. The van der Waals surface area contributed by atoms with Gasteiger partial charge >= 0.3 is 0 Å². The van der Waals surface area contributed by atoms with Gasteiger partial charge in [-0.25, -0.2) is 4.98 Å². The monoisotopic (exact) mass is 956 g/mol. The van der Waals surface area contributed by atoms with Crippen LogP contribution in [0.1, 0.15) is 0 Å². The summed E-state index contributed by atoms with van der Waals surface area (Å²) in [6.45, 7) is 0. The van der Waals surface area contributed by atoms with Gasteiger partial charge in [-0.3, -0.25) is 4.57 Å². The number of aromatic nitrogens is 6. The number of para-hydroxylation sites is 5. The fourth-order valence-electron chi connectivity index (χ4n) is 11.5. The lowest BCUT2D eigenvalue weighted by Gasteiger charge is -2.17. The fourth-order valence-corrected chi connectivity index (χ4v) is 11.5. The minimum Gasteiger partial charge on any atom is -0.309 e. The summed E-state index contributed by atoms with van der Waals surface area (Å²) < 4.78 is 7.06. The standard InChI is InChI=1S/C69H44N6/c1-4-20-45(21-5-1)47-24-18-25-48(42-47)49-38-40-63(74-59-34-14-10-30-53(59)54-31-11-15-35-60(54)74)58(44-49)50-26-19-27-51(43-50)68-70-67(46-22-6-2-7-23-46)71-69(72-68)75-61-36-16-12-32-55(61)56-39-41-64-65(66(56)75)57-33-13-17-37-62(57)73(64)52-28-8-3-9-29-52/h1-44H. The first-order valence-corrected chi connectivity index (χ1v) is 25.4. The van der Waals surface area contributed by atoms with E-state index in [1.807, 2.05) is 18.2 Å². The Labute approximate surface area is 432 Å². The zero-order chi connectivity index (χ0) is 49.4. The van der Waals surface area contributed by atoms with E-state index in [1.54, 1.807) is 0 Å². The number of hydrogen-bond donors (Lipinski definition) is 0. The highest BCUT2D eigenvalue weighted by Crippen LogP contribution is 2.43. The lowest BCUT2D eigenvalue weighted by atomic mass is 9.94. The average molecular weight is 957 g/mol.